The summed E-state index contributed by atoms with van der Waals surface area (Å²) in [6, 6.07) is 12.6. The lowest BCUT2D eigenvalue weighted by atomic mass is 10.1. The van der Waals surface area contributed by atoms with E-state index >= 15 is 0 Å². The second-order valence-corrected chi connectivity index (χ2v) is 7.78. The number of thioether (sulfide) groups is 1. The molecular formula is C20H16Cl2N4O2S. The molecule has 2 aromatic carbocycles. The Balaban J connectivity index is 2.03. The average Bonchev–Trinajstić information content (AvgIpc) is 2.87. The van der Waals surface area contributed by atoms with E-state index in [2.05, 4.69) is 15.2 Å². The summed E-state index contributed by atoms with van der Waals surface area (Å²) in [6.07, 6.45) is 1.21. The quantitative estimate of drug-likeness (QED) is 0.501. The molecule has 1 aliphatic heterocycles. The van der Waals surface area contributed by atoms with Crippen LogP contribution in [0, 0.1) is 0 Å². The fourth-order valence-electron chi connectivity index (χ4n) is 3.17. The predicted octanol–water partition coefficient (Wildman–Crippen LogP) is 5.40. The molecule has 1 amide bonds. The van der Waals surface area contributed by atoms with Crippen LogP contribution in [0.4, 0.5) is 5.69 Å². The van der Waals surface area contributed by atoms with Crippen LogP contribution in [0.3, 0.4) is 0 Å². The fourth-order valence-corrected chi connectivity index (χ4v) is 4.06. The molecular weight excluding hydrogens is 431 g/mol. The first kappa shape index (κ1) is 19.9. The van der Waals surface area contributed by atoms with E-state index in [4.69, 9.17) is 27.9 Å². The zero-order valence-corrected chi connectivity index (χ0v) is 17.9. The molecule has 1 atom stereocenters. The van der Waals surface area contributed by atoms with E-state index in [9.17, 15) is 4.79 Å². The van der Waals surface area contributed by atoms with Crippen molar-refractivity contribution >= 4 is 46.6 Å². The molecule has 4 rings (SSSR count). The Morgan fingerprint density at radius 1 is 1.14 bits per heavy atom. The number of anilines is 1. The molecule has 0 fully saturated rings. The summed E-state index contributed by atoms with van der Waals surface area (Å²) in [4.78, 5) is 19.1. The van der Waals surface area contributed by atoms with Gasteiger partial charge in [-0.05, 0) is 24.5 Å². The Bertz CT molecular complexity index is 1080. The van der Waals surface area contributed by atoms with Gasteiger partial charge >= 0.3 is 0 Å². The summed E-state index contributed by atoms with van der Waals surface area (Å²) >= 11 is 14.3. The lowest BCUT2D eigenvalue weighted by Crippen LogP contribution is -2.37. The van der Waals surface area contributed by atoms with Gasteiger partial charge in [-0.1, -0.05) is 66.2 Å². The first-order chi connectivity index (χ1) is 14.0. The molecule has 3 aromatic rings. The van der Waals surface area contributed by atoms with Gasteiger partial charge in [-0.25, -0.2) is 0 Å². The molecule has 0 radical (unpaired) electrons. The van der Waals surface area contributed by atoms with Crippen molar-refractivity contribution in [2.45, 2.75) is 24.7 Å². The highest BCUT2D eigenvalue weighted by Crippen LogP contribution is 2.45. The molecule has 6 nitrogen and oxygen atoms in total. The lowest BCUT2D eigenvalue weighted by molar-refractivity contribution is -0.120. The van der Waals surface area contributed by atoms with Crippen LogP contribution in [0.2, 0.25) is 10.0 Å². The number of aromatic nitrogens is 3. The number of fused-ring (bicyclic) bond motifs is 3. The maximum atomic E-state index is 13.1. The van der Waals surface area contributed by atoms with Crippen molar-refractivity contribution in [3.8, 4) is 17.1 Å². The van der Waals surface area contributed by atoms with Crippen LogP contribution in [-0.2, 0) is 4.79 Å². The zero-order valence-electron chi connectivity index (χ0n) is 15.6. The van der Waals surface area contributed by atoms with E-state index in [1.54, 1.807) is 30.0 Å². The maximum Gasteiger partial charge on any atom is 0.247 e. The third kappa shape index (κ3) is 3.54. The number of halogens is 2. The monoisotopic (exact) mass is 446 g/mol. The molecule has 9 heteroatoms. The maximum absolute atomic E-state index is 13.1. The summed E-state index contributed by atoms with van der Waals surface area (Å²) in [7, 11) is 0. The van der Waals surface area contributed by atoms with E-state index in [0.29, 0.717) is 37.7 Å². The Morgan fingerprint density at radius 2 is 1.86 bits per heavy atom. The summed E-state index contributed by atoms with van der Waals surface area (Å²) in [5.41, 5.74) is 2.28. The number of benzene rings is 2. The van der Waals surface area contributed by atoms with Crippen LogP contribution in [-0.4, -0.2) is 27.3 Å². The van der Waals surface area contributed by atoms with Crippen molar-refractivity contribution in [2.24, 2.45) is 0 Å². The smallest absolute Gasteiger partial charge is 0.247 e. The van der Waals surface area contributed by atoms with Gasteiger partial charge in [-0.3, -0.25) is 9.69 Å². The zero-order chi connectivity index (χ0) is 20.5. The van der Waals surface area contributed by atoms with Gasteiger partial charge < -0.3 is 4.74 Å². The Labute approximate surface area is 182 Å². The van der Waals surface area contributed by atoms with E-state index in [1.807, 2.05) is 30.5 Å². The summed E-state index contributed by atoms with van der Waals surface area (Å²) in [6.45, 7) is 1.79. The summed E-state index contributed by atoms with van der Waals surface area (Å²) in [5, 5.41) is 9.71. The number of para-hydroxylation sites is 1. The van der Waals surface area contributed by atoms with E-state index < -0.39 is 6.23 Å². The highest BCUT2D eigenvalue weighted by Gasteiger charge is 2.37. The molecule has 0 N–H and O–H groups in total. The van der Waals surface area contributed by atoms with Gasteiger partial charge in [0.15, 0.2) is 5.69 Å². The SMILES string of the molecule is CCC(=O)N1c2ccccc2-c2nnc(SC)nc2O[C@@H]1c1c(Cl)cccc1Cl. The fraction of sp³-hybridized carbons (Fsp3) is 0.200. The minimum absolute atomic E-state index is 0.149. The second kappa shape index (κ2) is 8.18. The van der Waals surface area contributed by atoms with Gasteiger partial charge in [-0.2, -0.15) is 4.98 Å². The molecule has 148 valence electrons. The molecule has 0 spiro atoms. The number of carbonyl (C=O) groups excluding carboxylic acids is 1. The summed E-state index contributed by atoms with van der Waals surface area (Å²) < 4.78 is 6.27. The van der Waals surface area contributed by atoms with Gasteiger partial charge in [0.05, 0.1) is 21.3 Å². The second-order valence-electron chi connectivity index (χ2n) is 6.19. The van der Waals surface area contributed by atoms with Crippen LogP contribution in [0.1, 0.15) is 25.1 Å². The third-order valence-electron chi connectivity index (χ3n) is 4.51. The number of amides is 1. The van der Waals surface area contributed by atoms with E-state index in [-0.39, 0.29) is 18.2 Å². The topological polar surface area (TPSA) is 68.2 Å². The van der Waals surface area contributed by atoms with Crippen LogP contribution in [0.15, 0.2) is 47.6 Å². The molecule has 1 aromatic heterocycles. The third-order valence-corrected chi connectivity index (χ3v) is 5.71. The van der Waals surface area contributed by atoms with E-state index in [1.165, 1.54) is 11.8 Å². The van der Waals surface area contributed by atoms with Crippen molar-refractivity contribution < 1.29 is 9.53 Å². The molecule has 0 aliphatic carbocycles. The van der Waals surface area contributed by atoms with Crippen LogP contribution >= 0.6 is 35.0 Å². The standard InChI is InChI=1S/C20H16Cl2N4O2S/c1-3-15(27)26-14-10-5-4-7-11(14)17-18(23-20(29-2)25-24-17)28-19(26)16-12(21)8-6-9-13(16)22/h4-10,19H,3H2,1-2H3/t19-/m1/s1. The van der Waals surface area contributed by atoms with Crippen molar-refractivity contribution in [1.82, 2.24) is 15.2 Å². The molecule has 0 unspecified atom stereocenters. The predicted molar refractivity (Wildman–Crippen MR) is 115 cm³/mol. The number of carbonyl (C=O) groups is 1. The normalized spacial score (nSPS) is 15.2. The minimum Gasteiger partial charge on any atom is -0.447 e. The Morgan fingerprint density at radius 3 is 2.55 bits per heavy atom. The first-order valence-electron chi connectivity index (χ1n) is 8.85. The van der Waals surface area contributed by atoms with Crippen molar-refractivity contribution in [3.05, 3.63) is 58.1 Å². The van der Waals surface area contributed by atoms with Gasteiger partial charge in [0.25, 0.3) is 0 Å². The number of hydrogen-bond acceptors (Lipinski definition) is 6. The average molecular weight is 447 g/mol. The molecule has 29 heavy (non-hydrogen) atoms. The lowest BCUT2D eigenvalue weighted by Gasteiger charge is -2.31. The minimum atomic E-state index is -0.905. The Hall–Kier alpha value is -2.35. The van der Waals surface area contributed by atoms with Gasteiger partial charge in [0, 0.05) is 12.0 Å². The van der Waals surface area contributed by atoms with Gasteiger partial charge in [0.2, 0.25) is 23.2 Å². The number of ether oxygens (including phenoxy) is 1. The highest BCUT2D eigenvalue weighted by molar-refractivity contribution is 7.98. The molecule has 0 saturated heterocycles. The molecule has 0 saturated carbocycles. The highest BCUT2D eigenvalue weighted by atomic mass is 35.5. The van der Waals surface area contributed by atoms with Crippen molar-refractivity contribution in [3.63, 3.8) is 0 Å². The number of hydrogen-bond donors (Lipinski definition) is 0. The van der Waals surface area contributed by atoms with Crippen molar-refractivity contribution in [2.75, 3.05) is 11.2 Å². The number of rotatable bonds is 3. The van der Waals surface area contributed by atoms with E-state index in [0.717, 1.165) is 0 Å². The largest absolute Gasteiger partial charge is 0.447 e. The van der Waals surface area contributed by atoms with Crippen LogP contribution < -0.4 is 9.64 Å². The first-order valence-corrected chi connectivity index (χ1v) is 10.8. The number of nitrogens with zero attached hydrogens (tertiary/aromatic N) is 4. The van der Waals surface area contributed by atoms with Gasteiger partial charge in [-0.15, -0.1) is 10.2 Å². The van der Waals surface area contributed by atoms with Crippen LogP contribution in [0.5, 0.6) is 5.88 Å². The summed E-state index contributed by atoms with van der Waals surface area (Å²) in [5.74, 6) is 0.119. The van der Waals surface area contributed by atoms with Crippen molar-refractivity contribution in [1.29, 1.82) is 0 Å². The van der Waals surface area contributed by atoms with Crippen LogP contribution in [0.25, 0.3) is 11.3 Å². The molecule has 0 bridgehead atoms. The Kier molecular flexibility index (Phi) is 5.63. The molecule has 1 aliphatic rings. The molecule has 2 heterocycles. The van der Waals surface area contributed by atoms with Gasteiger partial charge in [0.1, 0.15) is 0 Å².